The Labute approximate surface area is 169 Å². The Morgan fingerprint density at radius 2 is 1.78 bits per heavy atom. The molecule has 2 rings (SSSR count). The van der Waals surface area contributed by atoms with E-state index in [1.54, 1.807) is 24.3 Å². The number of carbonyl (C=O) groups is 2. The van der Waals surface area contributed by atoms with E-state index in [0.29, 0.717) is 0 Å². The molecule has 27 heavy (non-hydrogen) atoms. The molecule has 9 heteroatoms. The molecule has 0 bridgehead atoms. The Kier molecular flexibility index (Phi) is 6.58. The number of hydrogen-bond acceptors (Lipinski definition) is 6. The van der Waals surface area contributed by atoms with Crippen LogP contribution in [0.4, 0.5) is 5.82 Å². The smallest absolute Gasteiger partial charge is 0.338 e. The van der Waals surface area contributed by atoms with Crippen LogP contribution in [0.1, 0.15) is 34.6 Å². The van der Waals surface area contributed by atoms with Crippen molar-refractivity contribution in [3.8, 4) is 0 Å². The molecule has 0 atom stereocenters. The van der Waals surface area contributed by atoms with Crippen molar-refractivity contribution < 1.29 is 14.3 Å². The molecule has 8 nitrogen and oxygen atoms in total. The summed E-state index contributed by atoms with van der Waals surface area (Å²) in [4.78, 5) is 49.1. The molecule has 1 heterocycles. The summed E-state index contributed by atoms with van der Waals surface area (Å²) >= 11 is 2.10. The summed E-state index contributed by atoms with van der Waals surface area (Å²) < 4.78 is 7.96. The first-order valence-electron chi connectivity index (χ1n) is 8.18. The van der Waals surface area contributed by atoms with Gasteiger partial charge in [0.15, 0.2) is 6.61 Å². The number of halogens is 1. The van der Waals surface area contributed by atoms with Crippen LogP contribution in [0.15, 0.2) is 33.9 Å². The van der Waals surface area contributed by atoms with E-state index in [0.717, 1.165) is 8.14 Å². The molecule has 0 spiro atoms. The highest BCUT2D eigenvalue weighted by molar-refractivity contribution is 14.1. The summed E-state index contributed by atoms with van der Waals surface area (Å²) in [7, 11) is 1.27. The second-order valence-corrected chi connectivity index (χ2v) is 7.66. The van der Waals surface area contributed by atoms with Crippen LogP contribution in [-0.4, -0.2) is 27.5 Å². The maximum Gasteiger partial charge on any atom is 0.338 e. The molecule has 0 aliphatic carbocycles. The summed E-state index contributed by atoms with van der Waals surface area (Å²) in [6.07, 6.45) is 0. The highest BCUT2D eigenvalue weighted by Crippen LogP contribution is 2.11. The minimum absolute atomic E-state index is 0.0733. The van der Waals surface area contributed by atoms with Crippen molar-refractivity contribution in [3.63, 3.8) is 0 Å². The topological polar surface area (TPSA) is 113 Å². The predicted molar refractivity (Wildman–Crippen MR) is 109 cm³/mol. The number of nitrogens with two attached hydrogens (primary N) is 1. The lowest BCUT2D eigenvalue weighted by Gasteiger charge is -2.16. The maximum absolute atomic E-state index is 12.5. The fourth-order valence-corrected chi connectivity index (χ4v) is 2.82. The van der Waals surface area contributed by atoms with Gasteiger partial charge in [-0.2, -0.15) is 0 Å². The number of Topliss-reactive ketones (excluding diaryl/α,β-unsaturated/α-hetero) is 1. The molecule has 0 saturated heterocycles. The monoisotopic (exact) mass is 485 g/mol. The van der Waals surface area contributed by atoms with Crippen molar-refractivity contribution in [1.82, 2.24) is 9.13 Å². The van der Waals surface area contributed by atoms with Crippen molar-refractivity contribution in [2.75, 3.05) is 12.3 Å². The number of esters is 1. The molecule has 2 aromatic rings. The molecule has 144 valence electrons. The lowest BCUT2D eigenvalue weighted by molar-refractivity contribution is 0.0474. The SMILES string of the molecule is CC(C)Cn1c(N)c(C(=O)COC(=O)c2ccc(I)cc2)c(=O)n(C)c1=O. The van der Waals surface area contributed by atoms with Gasteiger partial charge in [-0.3, -0.25) is 18.7 Å². The summed E-state index contributed by atoms with van der Waals surface area (Å²) in [5.74, 6) is -1.59. The quantitative estimate of drug-likeness (QED) is 0.377. The van der Waals surface area contributed by atoms with Gasteiger partial charge < -0.3 is 10.5 Å². The van der Waals surface area contributed by atoms with E-state index < -0.39 is 29.6 Å². The number of ketones is 1. The summed E-state index contributed by atoms with van der Waals surface area (Å²) in [6, 6.07) is 6.61. The number of aromatic nitrogens is 2. The fourth-order valence-electron chi connectivity index (χ4n) is 2.46. The van der Waals surface area contributed by atoms with Gasteiger partial charge in [0.25, 0.3) is 5.56 Å². The Bertz CT molecular complexity index is 990. The van der Waals surface area contributed by atoms with E-state index in [-0.39, 0.29) is 29.4 Å². The normalized spacial score (nSPS) is 10.9. The predicted octanol–water partition coefficient (Wildman–Crippen LogP) is 1.43. The van der Waals surface area contributed by atoms with E-state index in [2.05, 4.69) is 22.6 Å². The average molecular weight is 485 g/mol. The lowest BCUT2D eigenvalue weighted by Crippen LogP contribution is -2.43. The molecule has 0 aliphatic heterocycles. The van der Waals surface area contributed by atoms with Gasteiger partial charge in [-0.05, 0) is 52.8 Å². The van der Waals surface area contributed by atoms with Crippen LogP contribution >= 0.6 is 22.6 Å². The van der Waals surface area contributed by atoms with Crippen LogP contribution in [0, 0.1) is 9.49 Å². The lowest BCUT2D eigenvalue weighted by atomic mass is 10.1. The average Bonchev–Trinajstić information content (AvgIpc) is 2.62. The molecule has 1 aromatic carbocycles. The summed E-state index contributed by atoms with van der Waals surface area (Å²) in [5.41, 5.74) is 4.45. The van der Waals surface area contributed by atoms with E-state index in [4.69, 9.17) is 10.5 Å². The third-order valence-corrected chi connectivity index (χ3v) is 4.54. The molecule has 1 aromatic heterocycles. The van der Waals surface area contributed by atoms with Crippen LogP contribution < -0.4 is 17.0 Å². The minimum atomic E-state index is -0.812. The van der Waals surface area contributed by atoms with Crippen LogP contribution in [0.2, 0.25) is 0 Å². The van der Waals surface area contributed by atoms with Gasteiger partial charge in [0.1, 0.15) is 11.4 Å². The van der Waals surface area contributed by atoms with E-state index >= 15 is 0 Å². The Morgan fingerprint density at radius 1 is 1.19 bits per heavy atom. The zero-order valence-electron chi connectivity index (χ0n) is 15.2. The number of ether oxygens (including phenoxy) is 1. The second-order valence-electron chi connectivity index (χ2n) is 6.42. The van der Waals surface area contributed by atoms with Crippen LogP contribution in [0.25, 0.3) is 0 Å². The van der Waals surface area contributed by atoms with Crippen molar-refractivity contribution in [2.45, 2.75) is 20.4 Å². The molecule has 0 unspecified atom stereocenters. The Morgan fingerprint density at radius 3 is 2.33 bits per heavy atom. The van der Waals surface area contributed by atoms with Crippen LogP contribution in [0.3, 0.4) is 0 Å². The van der Waals surface area contributed by atoms with Gasteiger partial charge >= 0.3 is 11.7 Å². The Hall–Kier alpha value is -2.43. The third-order valence-electron chi connectivity index (χ3n) is 3.82. The Balaban J connectivity index is 2.29. The third kappa shape index (κ3) is 4.65. The number of hydrogen-bond donors (Lipinski definition) is 1. The molecule has 2 N–H and O–H groups in total. The molecule has 0 aliphatic rings. The fraction of sp³-hybridized carbons (Fsp3) is 0.333. The molecule has 0 amide bonds. The first-order chi connectivity index (χ1) is 12.6. The van der Waals surface area contributed by atoms with Gasteiger partial charge in [0, 0.05) is 17.2 Å². The molecule has 0 saturated carbocycles. The first kappa shape index (κ1) is 20.9. The standard InChI is InChI=1S/C18H20IN3O5/c1-10(2)8-22-15(20)14(16(24)21(3)18(22)26)13(23)9-27-17(25)11-4-6-12(19)7-5-11/h4-7,10H,8-9,20H2,1-3H3. The minimum Gasteiger partial charge on any atom is -0.454 e. The van der Waals surface area contributed by atoms with E-state index in [1.165, 1.54) is 11.6 Å². The molecule has 0 fully saturated rings. The van der Waals surface area contributed by atoms with Gasteiger partial charge in [-0.1, -0.05) is 13.8 Å². The number of nitrogens with zero attached hydrogens (tertiary/aromatic N) is 2. The molecular weight excluding hydrogens is 465 g/mol. The number of carbonyl (C=O) groups excluding carboxylic acids is 2. The highest BCUT2D eigenvalue weighted by Gasteiger charge is 2.23. The molecule has 0 radical (unpaired) electrons. The number of benzene rings is 1. The van der Waals surface area contributed by atoms with Crippen LogP contribution in [-0.2, 0) is 18.3 Å². The van der Waals surface area contributed by atoms with Crippen LogP contribution in [0.5, 0.6) is 0 Å². The van der Waals surface area contributed by atoms with E-state index in [9.17, 15) is 19.2 Å². The zero-order chi connectivity index (χ0) is 20.3. The largest absolute Gasteiger partial charge is 0.454 e. The van der Waals surface area contributed by atoms with Crippen molar-refractivity contribution in [1.29, 1.82) is 0 Å². The van der Waals surface area contributed by atoms with Crippen molar-refractivity contribution >= 4 is 40.2 Å². The summed E-state index contributed by atoms with van der Waals surface area (Å²) in [5, 5.41) is 0. The van der Waals surface area contributed by atoms with E-state index in [1.807, 2.05) is 13.8 Å². The van der Waals surface area contributed by atoms with Gasteiger partial charge in [-0.15, -0.1) is 0 Å². The zero-order valence-corrected chi connectivity index (χ0v) is 17.3. The van der Waals surface area contributed by atoms with Crippen molar-refractivity contribution in [3.05, 3.63) is 59.8 Å². The highest BCUT2D eigenvalue weighted by atomic mass is 127. The number of anilines is 1. The van der Waals surface area contributed by atoms with Gasteiger partial charge in [0.2, 0.25) is 5.78 Å². The number of rotatable bonds is 6. The second kappa shape index (κ2) is 8.51. The number of nitrogen functional groups attached to an aromatic ring is 1. The van der Waals surface area contributed by atoms with Crippen molar-refractivity contribution in [2.24, 2.45) is 13.0 Å². The van der Waals surface area contributed by atoms with Gasteiger partial charge in [-0.25, -0.2) is 9.59 Å². The summed E-state index contributed by atoms with van der Waals surface area (Å²) in [6.45, 7) is 3.36. The first-order valence-corrected chi connectivity index (χ1v) is 9.26. The maximum atomic E-state index is 12.5. The van der Waals surface area contributed by atoms with Gasteiger partial charge in [0.05, 0.1) is 5.56 Å². The molecular formula is C18H20IN3O5.